The third-order valence-corrected chi connectivity index (χ3v) is 6.33. The van der Waals surface area contributed by atoms with Crippen molar-refractivity contribution in [2.24, 2.45) is 5.92 Å². The van der Waals surface area contributed by atoms with Gasteiger partial charge >= 0.3 is 0 Å². The van der Waals surface area contributed by atoms with E-state index in [2.05, 4.69) is 27.0 Å². The first kappa shape index (κ1) is 18.5. The Morgan fingerprint density at radius 2 is 2.07 bits per heavy atom. The van der Waals surface area contributed by atoms with Gasteiger partial charge in [-0.1, -0.05) is 12.5 Å². The fourth-order valence-electron chi connectivity index (χ4n) is 4.85. The van der Waals surface area contributed by atoms with Gasteiger partial charge < -0.3 is 19.5 Å². The van der Waals surface area contributed by atoms with Gasteiger partial charge in [0.25, 0.3) is 5.91 Å². The lowest BCUT2D eigenvalue weighted by Crippen LogP contribution is -2.51. The van der Waals surface area contributed by atoms with E-state index in [4.69, 9.17) is 4.74 Å². The quantitative estimate of drug-likeness (QED) is 0.850. The van der Waals surface area contributed by atoms with Crippen LogP contribution in [0.3, 0.4) is 0 Å². The maximum absolute atomic E-state index is 12.8. The second-order valence-corrected chi connectivity index (χ2v) is 7.99. The summed E-state index contributed by atoms with van der Waals surface area (Å²) in [5.41, 5.74) is 1.84. The number of ether oxygens (including phenoxy) is 1. The summed E-state index contributed by atoms with van der Waals surface area (Å²) in [5, 5.41) is 4.38. The van der Waals surface area contributed by atoms with Crippen molar-refractivity contribution in [1.29, 1.82) is 0 Å². The summed E-state index contributed by atoms with van der Waals surface area (Å²) in [6.07, 6.45) is 8.51. The molecular formula is C22H31N3O2. The lowest BCUT2D eigenvalue weighted by Gasteiger charge is -2.44. The smallest absolute Gasteiger partial charge is 0.251 e. The van der Waals surface area contributed by atoms with E-state index in [0.29, 0.717) is 18.6 Å². The first-order valence-electron chi connectivity index (χ1n) is 10.4. The number of nitrogens with one attached hydrogen (secondary N) is 1. The average Bonchev–Trinajstić information content (AvgIpc) is 3.12. The van der Waals surface area contributed by atoms with E-state index in [-0.39, 0.29) is 5.91 Å². The lowest BCUT2D eigenvalue weighted by atomic mass is 9.83. The monoisotopic (exact) mass is 369 g/mol. The van der Waals surface area contributed by atoms with Crippen LogP contribution in [0.15, 0.2) is 30.5 Å². The molecule has 2 atom stereocenters. The van der Waals surface area contributed by atoms with Crippen LogP contribution in [0.5, 0.6) is 0 Å². The molecule has 2 saturated heterocycles. The molecule has 5 heteroatoms. The topological polar surface area (TPSA) is 46.5 Å². The highest BCUT2D eigenvalue weighted by Gasteiger charge is 2.32. The molecule has 2 aliphatic rings. The van der Waals surface area contributed by atoms with Crippen LogP contribution in [0.25, 0.3) is 10.9 Å². The molecule has 1 N–H and O–H groups in total. The van der Waals surface area contributed by atoms with Crippen LogP contribution < -0.4 is 5.32 Å². The predicted molar refractivity (Wildman–Crippen MR) is 108 cm³/mol. The lowest BCUT2D eigenvalue weighted by molar-refractivity contribution is 0.0575. The van der Waals surface area contributed by atoms with Gasteiger partial charge in [0.1, 0.15) is 0 Å². The van der Waals surface area contributed by atoms with Gasteiger partial charge in [0.05, 0.1) is 6.61 Å². The minimum atomic E-state index is 0.0457. The maximum atomic E-state index is 12.8. The van der Waals surface area contributed by atoms with Gasteiger partial charge in [-0.15, -0.1) is 0 Å². The fourth-order valence-corrected chi connectivity index (χ4v) is 4.85. The molecule has 0 spiro atoms. The number of rotatable bonds is 6. The van der Waals surface area contributed by atoms with Crippen LogP contribution in [0.1, 0.15) is 42.5 Å². The van der Waals surface area contributed by atoms with Crippen LogP contribution in [-0.4, -0.2) is 54.8 Å². The SMILES string of the molecule is COCCn1ccc2ccc(C(=O)NC[C@@H]3CCCN4CCCC[C@@H]34)cc21. The average molecular weight is 370 g/mol. The highest BCUT2D eigenvalue weighted by molar-refractivity contribution is 5.98. The van der Waals surface area contributed by atoms with Crippen molar-refractivity contribution in [2.75, 3.05) is 33.4 Å². The number of amides is 1. The summed E-state index contributed by atoms with van der Waals surface area (Å²) < 4.78 is 7.34. The van der Waals surface area contributed by atoms with Crippen molar-refractivity contribution in [3.8, 4) is 0 Å². The fraction of sp³-hybridized carbons (Fsp3) is 0.591. The Labute approximate surface area is 161 Å². The number of piperidine rings is 2. The minimum Gasteiger partial charge on any atom is -0.383 e. The van der Waals surface area contributed by atoms with Gasteiger partial charge in [-0.3, -0.25) is 4.79 Å². The zero-order valence-corrected chi connectivity index (χ0v) is 16.3. The van der Waals surface area contributed by atoms with Gasteiger partial charge in [-0.2, -0.15) is 0 Å². The molecule has 2 fully saturated rings. The number of carbonyl (C=O) groups is 1. The first-order chi connectivity index (χ1) is 13.3. The minimum absolute atomic E-state index is 0.0457. The largest absolute Gasteiger partial charge is 0.383 e. The number of methoxy groups -OCH3 is 1. The molecule has 146 valence electrons. The summed E-state index contributed by atoms with van der Waals surface area (Å²) in [7, 11) is 1.71. The number of carbonyl (C=O) groups excluding carboxylic acids is 1. The molecule has 27 heavy (non-hydrogen) atoms. The third kappa shape index (κ3) is 4.04. The Kier molecular flexibility index (Phi) is 5.79. The van der Waals surface area contributed by atoms with E-state index in [9.17, 15) is 4.79 Å². The molecule has 0 radical (unpaired) electrons. The summed E-state index contributed by atoms with van der Waals surface area (Å²) in [5.74, 6) is 0.640. The van der Waals surface area contributed by atoms with Crippen LogP contribution in [0, 0.1) is 5.92 Å². The van der Waals surface area contributed by atoms with E-state index in [0.717, 1.165) is 29.6 Å². The van der Waals surface area contributed by atoms with E-state index in [1.54, 1.807) is 7.11 Å². The zero-order valence-electron chi connectivity index (χ0n) is 16.3. The van der Waals surface area contributed by atoms with Crippen molar-refractivity contribution in [3.63, 3.8) is 0 Å². The van der Waals surface area contributed by atoms with Crippen molar-refractivity contribution in [3.05, 3.63) is 36.0 Å². The van der Waals surface area contributed by atoms with Crippen molar-refractivity contribution in [2.45, 2.75) is 44.7 Å². The molecule has 0 bridgehead atoms. The third-order valence-electron chi connectivity index (χ3n) is 6.33. The summed E-state index contributed by atoms with van der Waals surface area (Å²) >= 11 is 0. The van der Waals surface area contributed by atoms with E-state index in [1.165, 1.54) is 45.2 Å². The van der Waals surface area contributed by atoms with E-state index < -0.39 is 0 Å². The van der Waals surface area contributed by atoms with Gasteiger partial charge in [-0.05, 0) is 68.3 Å². The molecule has 0 saturated carbocycles. The van der Waals surface area contributed by atoms with Crippen molar-refractivity contribution >= 4 is 16.8 Å². The van der Waals surface area contributed by atoms with Gasteiger partial charge in [0.2, 0.25) is 0 Å². The Bertz CT molecular complexity index is 783. The molecule has 0 aliphatic carbocycles. The van der Waals surface area contributed by atoms with Crippen LogP contribution in [-0.2, 0) is 11.3 Å². The van der Waals surface area contributed by atoms with Crippen molar-refractivity contribution < 1.29 is 9.53 Å². The predicted octanol–water partition coefficient (Wildman–Crippen LogP) is 3.28. The number of aromatic nitrogens is 1. The molecule has 3 heterocycles. The summed E-state index contributed by atoms with van der Waals surface area (Å²) in [4.78, 5) is 15.4. The zero-order chi connectivity index (χ0) is 18.6. The van der Waals surface area contributed by atoms with Crippen molar-refractivity contribution in [1.82, 2.24) is 14.8 Å². The van der Waals surface area contributed by atoms with Crippen LogP contribution in [0.4, 0.5) is 0 Å². The molecule has 0 unspecified atom stereocenters. The number of hydrogen-bond acceptors (Lipinski definition) is 3. The Morgan fingerprint density at radius 3 is 2.96 bits per heavy atom. The van der Waals surface area contributed by atoms with Crippen LogP contribution >= 0.6 is 0 Å². The summed E-state index contributed by atoms with van der Waals surface area (Å²) in [6.45, 7) is 4.74. The number of hydrogen-bond donors (Lipinski definition) is 1. The molecule has 2 aromatic rings. The first-order valence-corrected chi connectivity index (χ1v) is 10.4. The van der Waals surface area contributed by atoms with E-state index in [1.807, 2.05) is 18.2 Å². The second-order valence-electron chi connectivity index (χ2n) is 7.99. The highest BCUT2D eigenvalue weighted by atomic mass is 16.5. The maximum Gasteiger partial charge on any atom is 0.251 e. The van der Waals surface area contributed by atoms with Gasteiger partial charge in [0, 0.05) is 43.5 Å². The second kappa shape index (κ2) is 8.44. The Balaban J connectivity index is 1.41. The van der Waals surface area contributed by atoms with Gasteiger partial charge in [-0.25, -0.2) is 0 Å². The molecule has 1 aromatic carbocycles. The molecule has 1 amide bonds. The standard InChI is InChI=1S/C22H31N3O2/c1-27-14-13-25-12-9-17-7-8-18(15-21(17)25)22(26)23-16-19-5-4-11-24-10-3-2-6-20(19)24/h7-9,12,15,19-20H,2-6,10-11,13-14,16H2,1H3,(H,23,26)/t19-,20-/m0/s1. The Hall–Kier alpha value is -1.85. The van der Waals surface area contributed by atoms with Crippen LogP contribution in [0.2, 0.25) is 0 Å². The number of nitrogens with zero attached hydrogens (tertiary/aromatic N) is 2. The number of fused-ring (bicyclic) bond motifs is 2. The molecule has 2 aliphatic heterocycles. The molecular weight excluding hydrogens is 338 g/mol. The Morgan fingerprint density at radius 1 is 1.19 bits per heavy atom. The molecule has 4 rings (SSSR count). The number of benzene rings is 1. The normalized spacial score (nSPS) is 23.3. The summed E-state index contributed by atoms with van der Waals surface area (Å²) in [6, 6.07) is 8.74. The van der Waals surface area contributed by atoms with E-state index >= 15 is 0 Å². The highest BCUT2D eigenvalue weighted by Crippen LogP contribution is 2.30. The van der Waals surface area contributed by atoms with Gasteiger partial charge in [0.15, 0.2) is 0 Å². The molecule has 1 aromatic heterocycles. The molecule has 5 nitrogen and oxygen atoms in total.